The third kappa shape index (κ3) is 8.22. The average Bonchev–Trinajstić information content (AvgIpc) is 1.87. The Bertz CT molecular complexity index is 59.7. The highest BCUT2D eigenvalue weighted by atomic mass is 28.1. The van der Waals surface area contributed by atoms with Crippen molar-refractivity contribution in [1.29, 1.82) is 0 Å². The van der Waals surface area contributed by atoms with E-state index >= 15 is 0 Å². The fourth-order valence-electron chi connectivity index (χ4n) is 1.03. The molecule has 0 bridgehead atoms. The Morgan fingerprint density at radius 1 is 1.00 bits per heavy atom. The van der Waals surface area contributed by atoms with E-state index < -0.39 is 0 Å². The molecular formula is C9H19Si. The molecule has 0 aliphatic rings. The molecule has 59 valence electrons. The van der Waals surface area contributed by atoms with Gasteiger partial charge in [0.15, 0.2) is 0 Å². The fourth-order valence-corrected chi connectivity index (χ4v) is 1.28. The first-order valence-electron chi connectivity index (χ1n) is 4.42. The molecule has 0 saturated heterocycles. The molecule has 10 heavy (non-hydrogen) atoms. The van der Waals surface area contributed by atoms with Crippen molar-refractivity contribution in [2.24, 2.45) is 5.92 Å². The molecule has 0 N–H and O–H groups in total. The van der Waals surface area contributed by atoms with Gasteiger partial charge in [0.05, 0.1) is 0 Å². The normalized spacial score (nSPS) is 10.8. The Balaban J connectivity index is 2.77. The van der Waals surface area contributed by atoms with E-state index in [1.807, 2.05) is 0 Å². The summed E-state index contributed by atoms with van der Waals surface area (Å²) >= 11 is 0. The molecule has 0 fully saturated rings. The SMILES string of the molecule is CC(C)CCCCCC[Si]. The summed E-state index contributed by atoms with van der Waals surface area (Å²) in [7, 11) is 3.47. The minimum absolute atomic E-state index is 0.892. The highest BCUT2D eigenvalue weighted by molar-refractivity contribution is 6.08. The van der Waals surface area contributed by atoms with Crippen LogP contribution in [0.3, 0.4) is 0 Å². The summed E-state index contributed by atoms with van der Waals surface area (Å²) in [4.78, 5) is 0. The minimum Gasteiger partial charge on any atom is -0.0638 e. The van der Waals surface area contributed by atoms with Gasteiger partial charge < -0.3 is 0 Å². The summed E-state index contributed by atoms with van der Waals surface area (Å²) in [6.45, 7) is 4.59. The smallest absolute Gasteiger partial charge is 0.0222 e. The van der Waals surface area contributed by atoms with Gasteiger partial charge >= 0.3 is 0 Å². The highest BCUT2D eigenvalue weighted by Gasteiger charge is 1.92. The molecule has 0 aliphatic carbocycles. The predicted octanol–water partition coefficient (Wildman–Crippen LogP) is 3.18. The molecule has 0 atom stereocenters. The number of unbranched alkanes of at least 4 members (excludes halogenated alkanes) is 3. The molecule has 0 amide bonds. The van der Waals surface area contributed by atoms with Crippen molar-refractivity contribution in [3.8, 4) is 0 Å². The van der Waals surface area contributed by atoms with E-state index in [9.17, 15) is 0 Å². The first-order valence-corrected chi connectivity index (χ1v) is 5.12. The number of hydrogen-bond acceptors (Lipinski definition) is 0. The standard InChI is InChI=1S/C9H19Si/c1-9(2)7-5-3-4-6-8-10/h9H,3-8H2,1-2H3. The van der Waals surface area contributed by atoms with Crippen molar-refractivity contribution in [1.82, 2.24) is 0 Å². The molecule has 0 nitrogen and oxygen atoms in total. The van der Waals surface area contributed by atoms with Crippen LogP contribution < -0.4 is 0 Å². The minimum atomic E-state index is 0.892. The summed E-state index contributed by atoms with van der Waals surface area (Å²) < 4.78 is 0. The molecule has 0 unspecified atom stereocenters. The summed E-state index contributed by atoms with van der Waals surface area (Å²) in [5.41, 5.74) is 0. The molecule has 0 aromatic heterocycles. The maximum absolute atomic E-state index is 3.47. The van der Waals surface area contributed by atoms with Crippen molar-refractivity contribution >= 4 is 10.2 Å². The van der Waals surface area contributed by atoms with Gasteiger partial charge in [0.25, 0.3) is 0 Å². The Hall–Kier alpha value is 0.217. The highest BCUT2D eigenvalue weighted by Crippen LogP contribution is 2.09. The lowest BCUT2D eigenvalue weighted by Crippen LogP contribution is -1.86. The van der Waals surface area contributed by atoms with E-state index in [2.05, 4.69) is 24.1 Å². The Morgan fingerprint density at radius 3 is 2.10 bits per heavy atom. The lowest BCUT2D eigenvalue weighted by Gasteiger charge is -2.02. The zero-order chi connectivity index (χ0) is 7.82. The monoisotopic (exact) mass is 155 g/mol. The molecule has 0 heterocycles. The third-order valence-corrected chi connectivity index (χ3v) is 2.06. The Labute approximate surface area is 68.8 Å². The quantitative estimate of drug-likeness (QED) is 0.408. The van der Waals surface area contributed by atoms with Gasteiger partial charge in [-0.1, -0.05) is 52.0 Å². The zero-order valence-corrected chi connectivity index (χ0v) is 8.32. The van der Waals surface area contributed by atoms with Gasteiger partial charge in [-0.3, -0.25) is 0 Å². The van der Waals surface area contributed by atoms with Gasteiger partial charge in [0.2, 0.25) is 0 Å². The maximum Gasteiger partial charge on any atom is 0.0222 e. The van der Waals surface area contributed by atoms with Crippen LogP contribution in [0.4, 0.5) is 0 Å². The largest absolute Gasteiger partial charge is 0.0638 e. The molecule has 0 spiro atoms. The van der Waals surface area contributed by atoms with E-state index in [4.69, 9.17) is 0 Å². The van der Waals surface area contributed by atoms with Crippen LogP contribution >= 0.6 is 0 Å². The molecule has 0 rings (SSSR count). The number of hydrogen-bond donors (Lipinski definition) is 0. The molecule has 3 radical (unpaired) electrons. The van der Waals surface area contributed by atoms with Crippen LogP contribution in [0.5, 0.6) is 0 Å². The summed E-state index contributed by atoms with van der Waals surface area (Å²) in [5.74, 6) is 0.892. The van der Waals surface area contributed by atoms with E-state index in [0.717, 1.165) is 5.92 Å². The van der Waals surface area contributed by atoms with Gasteiger partial charge in [-0.05, 0) is 5.92 Å². The first kappa shape index (κ1) is 10.2. The van der Waals surface area contributed by atoms with Gasteiger partial charge in [-0.2, -0.15) is 0 Å². The molecule has 0 aromatic rings. The van der Waals surface area contributed by atoms with Crippen LogP contribution in [-0.4, -0.2) is 10.2 Å². The van der Waals surface area contributed by atoms with Crippen LogP contribution in [0.15, 0.2) is 0 Å². The second-order valence-electron chi connectivity index (χ2n) is 3.35. The molecule has 0 saturated carbocycles. The topological polar surface area (TPSA) is 0 Å². The third-order valence-electron chi connectivity index (χ3n) is 1.71. The van der Waals surface area contributed by atoms with Crippen molar-refractivity contribution in [2.45, 2.75) is 52.0 Å². The maximum atomic E-state index is 3.47. The van der Waals surface area contributed by atoms with Crippen LogP contribution in [0.25, 0.3) is 0 Å². The molecule has 0 aliphatic heterocycles. The summed E-state index contributed by atoms with van der Waals surface area (Å²) in [5, 5.41) is 0. The second-order valence-corrected chi connectivity index (χ2v) is 3.85. The van der Waals surface area contributed by atoms with E-state index in [-0.39, 0.29) is 0 Å². The zero-order valence-electron chi connectivity index (χ0n) is 7.32. The summed E-state index contributed by atoms with van der Waals surface area (Å²) in [6, 6.07) is 1.17. The van der Waals surface area contributed by atoms with Gasteiger partial charge in [0, 0.05) is 10.2 Å². The van der Waals surface area contributed by atoms with Crippen molar-refractivity contribution < 1.29 is 0 Å². The predicted molar refractivity (Wildman–Crippen MR) is 48.5 cm³/mol. The van der Waals surface area contributed by atoms with Crippen LogP contribution in [-0.2, 0) is 0 Å². The van der Waals surface area contributed by atoms with Gasteiger partial charge in [-0.15, -0.1) is 0 Å². The van der Waals surface area contributed by atoms with E-state index in [1.165, 1.54) is 38.1 Å². The molecular weight excluding hydrogens is 136 g/mol. The first-order chi connectivity index (χ1) is 4.77. The van der Waals surface area contributed by atoms with Crippen molar-refractivity contribution in [3.63, 3.8) is 0 Å². The molecule has 1 heteroatoms. The lowest BCUT2D eigenvalue weighted by molar-refractivity contribution is 0.525. The second kappa shape index (κ2) is 7.33. The van der Waals surface area contributed by atoms with E-state index in [1.54, 1.807) is 0 Å². The van der Waals surface area contributed by atoms with Crippen LogP contribution in [0.2, 0.25) is 6.04 Å². The van der Waals surface area contributed by atoms with E-state index in [0.29, 0.717) is 0 Å². The fraction of sp³-hybridized carbons (Fsp3) is 1.00. The number of rotatable bonds is 6. The van der Waals surface area contributed by atoms with Gasteiger partial charge in [-0.25, -0.2) is 0 Å². The van der Waals surface area contributed by atoms with Crippen molar-refractivity contribution in [3.05, 3.63) is 0 Å². The molecule has 0 aromatic carbocycles. The Morgan fingerprint density at radius 2 is 1.60 bits per heavy atom. The Kier molecular flexibility index (Phi) is 7.48. The summed E-state index contributed by atoms with van der Waals surface area (Å²) in [6.07, 6.45) is 6.99. The van der Waals surface area contributed by atoms with Crippen LogP contribution in [0, 0.1) is 5.92 Å². The lowest BCUT2D eigenvalue weighted by atomic mass is 10.0. The van der Waals surface area contributed by atoms with Crippen molar-refractivity contribution in [2.75, 3.05) is 0 Å². The van der Waals surface area contributed by atoms with Crippen LogP contribution in [0.1, 0.15) is 46.0 Å². The average molecular weight is 155 g/mol. The van der Waals surface area contributed by atoms with Gasteiger partial charge in [0.1, 0.15) is 0 Å².